The SMILES string of the molecule is CC(C)OP(=O)(COCCn1nnc2c(N)ncnc21)OC(C)C. The Morgan fingerprint density at radius 3 is 2.50 bits per heavy atom. The summed E-state index contributed by atoms with van der Waals surface area (Å²) in [6.07, 6.45) is 0.765. The first kappa shape index (κ1) is 18.7. The van der Waals surface area contributed by atoms with Gasteiger partial charge in [0.05, 0.1) is 25.4 Å². The Morgan fingerprint density at radius 1 is 1.21 bits per heavy atom. The molecule has 134 valence electrons. The number of anilines is 1. The molecule has 2 N–H and O–H groups in total. The molecule has 2 aromatic heterocycles. The minimum absolute atomic E-state index is 0.132. The molecule has 0 aliphatic carbocycles. The van der Waals surface area contributed by atoms with Gasteiger partial charge >= 0.3 is 7.60 Å². The van der Waals surface area contributed by atoms with Crippen molar-refractivity contribution in [3.63, 3.8) is 0 Å². The fourth-order valence-corrected chi connectivity index (χ4v) is 3.82. The van der Waals surface area contributed by atoms with Crippen LogP contribution in [-0.2, 0) is 24.9 Å². The second kappa shape index (κ2) is 7.98. The number of hydrogen-bond donors (Lipinski definition) is 1. The van der Waals surface area contributed by atoms with Crippen LogP contribution in [0, 0.1) is 0 Å². The molecule has 0 fully saturated rings. The lowest BCUT2D eigenvalue weighted by Gasteiger charge is -2.22. The number of nitrogens with zero attached hydrogens (tertiary/aromatic N) is 5. The number of rotatable bonds is 9. The van der Waals surface area contributed by atoms with E-state index in [9.17, 15) is 4.57 Å². The van der Waals surface area contributed by atoms with Crippen LogP contribution in [0.2, 0.25) is 0 Å². The second-order valence-corrected chi connectivity index (χ2v) is 7.60. The van der Waals surface area contributed by atoms with Crippen LogP contribution in [0.4, 0.5) is 5.82 Å². The molecule has 2 aromatic rings. The van der Waals surface area contributed by atoms with Crippen molar-refractivity contribution >= 4 is 24.6 Å². The molecule has 10 nitrogen and oxygen atoms in total. The summed E-state index contributed by atoms with van der Waals surface area (Å²) >= 11 is 0. The van der Waals surface area contributed by atoms with E-state index in [1.54, 1.807) is 32.4 Å². The van der Waals surface area contributed by atoms with Gasteiger partial charge in [0.25, 0.3) is 0 Å². The average Bonchev–Trinajstić information content (AvgIpc) is 2.86. The van der Waals surface area contributed by atoms with Gasteiger partial charge in [0, 0.05) is 0 Å². The predicted octanol–water partition coefficient (Wildman–Crippen LogP) is 1.82. The van der Waals surface area contributed by atoms with Crippen LogP contribution in [0.25, 0.3) is 11.2 Å². The fraction of sp³-hybridized carbons (Fsp3) is 0.692. The molecule has 24 heavy (non-hydrogen) atoms. The molecule has 0 bridgehead atoms. The van der Waals surface area contributed by atoms with Gasteiger partial charge in [-0.05, 0) is 27.7 Å². The van der Waals surface area contributed by atoms with Crippen molar-refractivity contribution in [2.24, 2.45) is 0 Å². The Bertz CT molecular complexity index is 706. The Labute approximate surface area is 140 Å². The zero-order valence-corrected chi connectivity index (χ0v) is 15.1. The van der Waals surface area contributed by atoms with E-state index in [0.717, 1.165) is 0 Å². The van der Waals surface area contributed by atoms with Crippen molar-refractivity contribution in [2.45, 2.75) is 46.4 Å². The van der Waals surface area contributed by atoms with Crippen molar-refractivity contribution < 1.29 is 18.3 Å². The van der Waals surface area contributed by atoms with Gasteiger partial charge in [-0.2, -0.15) is 0 Å². The summed E-state index contributed by atoms with van der Waals surface area (Å²) in [5.41, 5.74) is 6.66. The molecule has 2 heterocycles. The quantitative estimate of drug-likeness (QED) is 0.527. The van der Waals surface area contributed by atoms with Crippen molar-refractivity contribution in [1.82, 2.24) is 25.0 Å². The maximum Gasteiger partial charge on any atom is 0.356 e. The second-order valence-electron chi connectivity index (χ2n) is 5.70. The van der Waals surface area contributed by atoms with E-state index in [1.807, 2.05) is 0 Å². The summed E-state index contributed by atoms with van der Waals surface area (Å²) in [7, 11) is -3.31. The van der Waals surface area contributed by atoms with Crippen LogP contribution < -0.4 is 5.73 Å². The maximum absolute atomic E-state index is 12.6. The van der Waals surface area contributed by atoms with Crippen LogP contribution in [-0.4, -0.2) is 50.1 Å². The Kier molecular flexibility index (Phi) is 6.22. The van der Waals surface area contributed by atoms with Crippen LogP contribution in [0.3, 0.4) is 0 Å². The molecule has 0 aromatic carbocycles. The van der Waals surface area contributed by atoms with Crippen LogP contribution in [0.5, 0.6) is 0 Å². The fourth-order valence-electron chi connectivity index (χ4n) is 2.01. The van der Waals surface area contributed by atoms with Gasteiger partial charge in [-0.15, -0.1) is 5.10 Å². The lowest BCUT2D eigenvalue weighted by atomic mass is 10.5. The van der Waals surface area contributed by atoms with Crippen molar-refractivity contribution in [2.75, 3.05) is 18.7 Å². The number of nitrogen functional groups attached to an aromatic ring is 1. The normalized spacial score (nSPS) is 12.6. The summed E-state index contributed by atoms with van der Waals surface area (Å²) in [6, 6.07) is 0. The molecular formula is C13H23N6O4P. The largest absolute Gasteiger partial charge is 0.382 e. The van der Waals surface area contributed by atoms with E-state index in [1.165, 1.54) is 6.33 Å². The first-order valence-corrected chi connectivity index (χ1v) is 9.37. The smallest absolute Gasteiger partial charge is 0.356 e. The topological polar surface area (TPSA) is 127 Å². The van der Waals surface area contributed by atoms with E-state index in [2.05, 4.69) is 20.3 Å². The van der Waals surface area contributed by atoms with Gasteiger partial charge in [0.1, 0.15) is 12.7 Å². The van der Waals surface area contributed by atoms with E-state index >= 15 is 0 Å². The number of aromatic nitrogens is 5. The molecule has 0 aliphatic heterocycles. The lowest BCUT2D eigenvalue weighted by molar-refractivity contribution is 0.0951. The maximum atomic E-state index is 12.6. The zero-order valence-electron chi connectivity index (χ0n) is 14.2. The van der Waals surface area contributed by atoms with Crippen LogP contribution >= 0.6 is 7.60 Å². The summed E-state index contributed by atoms with van der Waals surface area (Å²) in [4.78, 5) is 7.95. The third kappa shape index (κ3) is 4.94. The number of hydrogen-bond acceptors (Lipinski definition) is 9. The highest BCUT2D eigenvalue weighted by Crippen LogP contribution is 2.50. The molecule has 0 aliphatic rings. The van der Waals surface area contributed by atoms with Gasteiger partial charge in [0.2, 0.25) is 0 Å². The van der Waals surface area contributed by atoms with Gasteiger partial charge in [-0.25, -0.2) is 14.6 Å². The Balaban J connectivity index is 1.92. The highest BCUT2D eigenvalue weighted by atomic mass is 31.2. The molecule has 0 amide bonds. The Morgan fingerprint density at radius 2 is 1.88 bits per heavy atom. The summed E-state index contributed by atoms with van der Waals surface area (Å²) < 4.78 is 30.5. The summed E-state index contributed by atoms with van der Waals surface area (Å²) in [5.74, 6) is 0.271. The van der Waals surface area contributed by atoms with Crippen LogP contribution in [0.15, 0.2) is 6.33 Å². The van der Waals surface area contributed by atoms with Gasteiger partial charge < -0.3 is 19.5 Å². The van der Waals surface area contributed by atoms with Crippen molar-refractivity contribution in [3.05, 3.63) is 6.33 Å². The third-order valence-electron chi connectivity index (χ3n) is 2.77. The zero-order chi connectivity index (χ0) is 17.7. The number of fused-ring (bicyclic) bond motifs is 1. The van der Waals surface area contributed by atoms with E-state index in [0.29, 0.717) is 17.7 Å². The molecule has 0 atom stereocenters. The molecule has 2 rings (SSSR count). The highest BCUT2D eigenvalue weighted by molar-refractivity contribution is 7.53. The molecular weight excluding hydrogens is 335 g/mol. The molecule has 0 radical (unpaired) electrons. The van der Waals surface area contributed by atoms with E-state index in [-0.39, 0.29) is 31.0 Å². The standard InChI is InChI=1S/C13H23N6O4P/c1-9(2)22-24(20,23-10(3)4)8-21-6-5-19-13-11(17-18-19)12(14)15-7-16-13/h7,9-10H,5-6,8H2,1-4H3,(H2,14,15,16). The van der Waals surface area contributed by atoms with Gasteiger partial charge in [-0.3, -0.25) is 4.57 Å². The van der Waals surface area contributed by atoms with Gasteiger partial charge in [-0.1, -0.05) is 5.21 Å². The number of nitrogens with two attached hydrogens (primary N) is 1. The molecule has 0 saturated carbocycles. The third-order valence-corrected chi connectivity index (χ3v) is 4.75. The average molecular weight is 358 g/mol. The highest BCUT2D eigenvalue weighted by Gasteiger charge is 2.28. The monoisotopic (exact) mass is 358 g/mol. The molecule has 0 spiro atoms. The van der Waals surface area contributed by atoms with E-state index in [4.69, 9.17) is 19.5 Å². The first-order chi connectivity index (χ1) is 11.3. The molecule has 0 unspecified atom stereocenters. The number of ether oxygens (including phenoxy) is 1. The van der Waals surface area contributed by atoms with Crippen molar-refractivity contribution in [1.29, 1.82) is 0 Å². The minimum Gasteiger partial charge on any atom is -0.382 e. The lowest BCUT2D eigenvalue weighted by Crippen LogP contribution is -2.14. The summed E-state index contributed by atoms with van der Waals surface area (Å²) in [5, 5.41) is 7.89. The van der Waals surface area contributed by atoms with Crippen molar-refractivity contribution in [3.8, 4) is 0 Å². The Hall–Kier alpha value is -1.61. The van der Waals surface area contributed by atoms with Crippen LogP contribution in [0.1, 0.15) is 27.7 Å². The first-order valence-electron chi connectivity index (χ1n) is 7.64. The summed E-state index contributed by atoms with van der Waals surface area (Å²) in [6.45, 7) is 7.79. The van der Waals surface area contributed by atoms with Gasteiger partial charge in [0.15, 0.2) is 17.0 Å². The molecule has 11 heteroatoms. The van der Waals surface area contributed by atoms with E-state index < -0.39 is 7.60 Å². The molecule has 0 saturated heterocycles. The minimum atomic E-state index is -3.31. The predicted molar refractivity (Wildman–Crippen MR) is 88.4 cm³/mol.